The van der Waals surface area contributed by atoms with Crippen LogP contribution in [0.15, 0.2) is 0 Å². The van der Waals surface area contributed by atoms with Gasteiger partial charge < -0.3 is 15.2 Å². The Balaban J connectivity index is 2.85. The minimum atomic E-state index is -0.453. The Bertz CT molecular complexity index is 110. The second kappa shape index (κ2) is 7.97. The second-order valence-electron chi connectivity index (χ2n) is 1.82. The molecule has 66 valence electrons. The number of ether oxygens (including phenoxy) is 2. The fraction of sp³-hybridized carbons (Fsp3) is 0.833. The van der Waals surface area contributed by atoms with E-state index in [-0.39, 0.29) is 6.61 Å². The molecule has 0 aliphatic heterocycles. The first kappa shape index (κ1) is 10.9. The Hall–Kier alpha value is -0.130. The van der Waals surface area contributed by atoms with Gasteiger partial charge in [0.15, 0.2) is 0 Å². The Morgan fingerprint density at radius 1 is 1.27 bits per heavy atom. The third-order valence-electron chi connectivity index (χ3n) is 0.838. The van der Waals surface area contributed by atoms with Crippen LogP contribution in [0, 0.1) is 0 Å². The van der Waals surface area contributed by atoms with Crippen molar-refractivity contribution < 1.29 is 14.3 Å². The van der Waals surface area contributed by atoms with Gasteiger partial charge in [-0.2, -0.15) is 0 Å². The highest BCUT2D eigenvalue weighted by molar-refractivity contribution is 9.09. The fourth-order valence-corrected chi connectivity index (χ4v) is 0.676. The van der Waals surface area contributed by atoms with Gasteiger partial charge >= 0.3 is 0 Å². The van der Waals surface area contributed by atoms with Gasteiger partial charge in [0.2, 0.25) is 5.91 Å². The normalized spacial score (nSPS) is 9.91. The number of hydrogen-bond donors (Lipinski definition) is 1. The number of carbonyl (C=O) groups is 1. The molecule has 0 rings (SSSR count). The molecule has 2 N–H and O–H groups in total. The zero-order valence-corrected chi connectivity index (χ0v) is 7.80. The molecule has 0 aromatic rings. The number of rotatable bonds is 7. The largest absolute Gasteiger partial charge is 0.378 e. The zero-order valence-electron chi connectivity index (χ0n) is 6.22. The lowest BCUT2D eigenvalue weighted by Crippen LogP contribution is -2.19. The maximum atomic E-state index is 10.1. The van der Waals surface area contributed by atoms with Gasteiger partial charge in [-0.25, -0.2) is 0 Å². The van der Waals surface area contributed by atoms with Gasteiger partial charge in [-0.05, 0) is 0 Å². The summed E-state index contributed by atoms with van der Waals surface area (Å²) in [5.74, 6) is -0.453. The molecule has 0 saturated heterocycles. The number of hydrogen-bond acceptors (Lipinski definition) is 3. The highest BCUT2D eigenvalue weighted by Gasteiger charge is 1.92. The van der Waals surface area contributed by atoms with Crippen LogP contribution in [0.25, 0.3) is 0 Å². The summed E-state index contributed by atoms with van der Waals surface area (Å²) >= 11 is 3.20. The average molecular weight is 226 g/mol. The van der Waals surface area contributed by atoms with Crippen LogP contribution in [-0.4, -0.2) is 37.7 Å². The fourth-order valence-electron chi connectivity index (χ4n) is 0.447. The molecular weight excluding hydrogens is 214 g/mol. The van der Waals surface area contributed by atoms with E-state index >= 15 is 0 Å². The highest BCUT2D eigenvalue weighted by atomic mass is 79.9. The van der Waals surface area contributed by atoms with E-state index < -0.39 is 5.91 Å². The molecule has 1 amide bonds. The van der Waals surface area contributed by atoms with Crippen molar-refractivity contribution >= 4 is 21.8 Å². The molecule has 0 aliphatic rings. The third kappa shape index (κ3) is 9.87. The van der Waals surface area contributed by atoms with Crippen LogP contribution < -0.4 is 5.73 Å². The van der Waals surface area contributed by atoms with E-state index in [4.69, 9.17) is 15.2 Å². The van der Waals surface area contributed by atoms with E-state index in [0.29, 0.717) is 19.8 Å². The zero-order chi connectivity index (χ0) is 8.53. The molecule has 4 nitrogen and oxygen atoms in total. The molecule has 0 spiro atoms. The van der Waals surface area contributed by atoms with Gasteiger partial charge in [0.1, 0.15) is 6.61 Å². The molecule has 0 bridgehead atoms. The average Bonchev–Trinajstić information content (AvgIpc) is 1.96. The summed E-state index contributed by atoms with van der Waals surface area (Å²) in [5.41, 5.74) is 4.82. The number of carbonyl (C=O) groups excluding carboxylic acids is 1. The van der Waals surface area contributed by atoms with Crippen LogP contribution in [0.3, 0.4) is 0 Å². The molecule has 0 aromatic heterocycles. The first-order chi connectivity index (χ1) is 5.27. The standard InChI is InChI=1S/C6H12BrNO3/c7-1-2-10-3-4-11-5-6(8)9/h1-5H2,(H2,8,9). The van der Waals surface area contributed by atoms with Gasteiger partial charge in [0, 0.05) is 5.33 Å². The summed E-state index contributed by atoms with van der Waals surface area (Å²) in [4.78, 5) is 10.1. The minimum Gasteiger partial charge on any atom is -0.378 e. The molecule has 0 aliphatic carbocycles. The lowest BCUT2D eigenvalue weighted by atomic mass is 10.7. The number of nitrogens with two attached hydrogens (primary N) is 1. The van der Waals surface area contributed by atoms with Crippen molar-refractivity contribution in [3.8, 4) is 0 Å². The Morgan fingerprint density at radius 3 is 2.45 bits per heavy atom. The molecule has 0 atom stereocenters. The van der Waals surface area contributed by atoms with Crippen molar-refractivity contribution in [1.82, 2.24) is 0 Å². The number of amides is 1. The van der Waals surface area contributed by atoms with Gasteiger partial charge in [-0.15, -0.1) is 0 Å². The molecule has 0 radical (unpaired) electrons. The lowest BCUT2D eigenvalue weighted by molar-refractivity contribution is -0.123. The Labute approximate surface area is 74.2 Å². The van der Waals surface area contributed by atoms with Crippen molar-refractivity contribution in [1.29, 1.82) is 0 Å². The molecule has 0 heterocycles. The van der Waals surface area contributed by atoms with Crippen LogP contribution in [0.5, 0.6) is 0 Å². The summed E-state index contributed by atoms with van der Waals surface area (Å²) in [6.45, 7) is 1.53. The van der Waals surface area contributed by atoms with Gasteiger partial charge in [0.05, 0.1) is 19.8 Å². The van der Waals surface area contributed by atoms with E-state index in [0.717, 1.165) is 5.33 Å². The van der Waals surface area contributed by atoms with Gasteiger partial charge in [-0.1, -0.05) is 15.9 Å². The van der Waals surface area contributed by atoms with E-state index in [1.165, 1.54) is 0 Å². The van der Waals surface area contributed by atoms with E-state index in [1.54, 1.807) is 0 Å². The summed E-state index contributed by atoms with van der Waals surface area (Å²) < 4.78 is 9.87. The summed E-state index contributed by atoms with van der Waals surface area (Å²) in [6, 6.07) is 0. The van der Waals surface area contributed by atoms with Crippen molar-refractivity contribution in [2.45, 2.75) is 0 Å². The summed E-state index contributed by atoms with van der Waals surface area (Å²) in [7, 11) is 0. The Kier molecular flexibility index (Phi) is 7.88. The van der Waals surface area contributed by atoms with E-state index in [9.17, 15) is 4.79 Å². The maximum Gasteiger partial charge on any atom is 0.243 e. The van der Waals surface area contributed by atoms with Crippen molar-refractivity contribution in [3.05, 3.63) is 0 Å². The quantitative estimate of drug-likeness (QED) is 0.487. The highest BCUT2D eigenvalue weighted by Crippen LogP contribution is 1.82. The molecule has 5 heteroatoms. The SMILES string of the molecule is NC(=O)COCCOCCBr. The first-order valence-corrected chi connectivity index (χ1v) is 4.39. The minimum absolute atomic E-state index is 0.0301. The van der Waals surface area contributed by atoms with Crippen LogP contribution >= 0.6 is 15.9 Å². The number of primary amides is 1. The van der Waals surface area contributed by atoms with Crippen LogP contribution in [0.4, 0.5) is 0 Å². The summed E-state index contributed by atoms with van der Waals surface area (Å²) in [5, 5.41) is 0.808. The van der Waals surface area contributed by atoms with Crippen molar-refractivity contribution in [3.63, 3.8) is 0 Å². The smallest absolute Gasteiger partial charge is 0.243 e. The molecule has 0 fully saturated rings. The predicted molar refractivity (Wildman–Crippen MR) is 44.6 cm³/mol. The van der Waals surface area contributed by atoms with E-state index in [1.807, 2.05) is 0 Å². The monoisotopic (exact) mass is 225 g/mol. The predicted octanol–water partition coefficient (Wildman–Crippen LogP) is -0.100. The molecule has 0 saturated carbocycles. The van der Waals surface area contributed by atoms with E-state index in [2.05, 4.69) is 15.9 Å². The van der Waals surface area contributed by atoms with Gasteiger partial charge in [-0.3, -0.25) is 4.79 Å². The van der Waals surface area contributed by atoms with Crippen molar-refractivity contribution in [2.75, 3.05) is 31.8 Å². The molecule has 11 heavy (non-hydrogen) atoms. The second-order valence-corrected chi connectivity index (χ2v) is 2.61. The maximum absolute atomic E-state index is 10.1. The number of alkyl halides is 1. The first-order valence-electron chi connectivity index (χ1n) is 3.27. The third-order valence-corrected chi connectivity index (χ3v) is 1.16. The van der Waals surface area contributed by atoms with Gasteiger partial charge in [0.25, 0.3) is 0 Å². The molecular formula is C6H12BrNO3. The number of halogens is 1. The van der Waals surface area contributed by atoms with Crippen LogP contribution in [0.2, 0.25) is 0 Å². The van der Waals surface area contributed by atoms with Crippen LogP contribution in [0.1, 0.15) is 0 Å². The van der Waals surface area contributed by atoms with Crippen molar-refractivity contribution in [2.24, 2.45) is 5.73 Å². The molecule has 0 aromatic carbocycles. The summed E-state index contributed by atoms with van der Waals surface area (Å²) in [6.07, 6.45) is 0. The lowest BCUT2D eigenvalue weighted by Gasteiger charge is -2.01. The topological polar surface area (TPSA) is 61.6 Å². The van der Waals surface area contributed by atoms with Crippen LogP contribution in [-0.2, 0) is 14.3 Å². The molecule has 0 unspecified atom stereocenters. The Morgan fingerprint density at radius 2 is 1.91 bits per heavy atom.